The van der Waals surface area contributed by atoms with Gasteiger partial charge in [0.15, 0.2) is 0 Å². The third-order valence-corrected chi connectivity index (χ3v) is 3.95. The van der Waals surface area contributed by atoms with Crippen LogP contribution in [0.3, 0.4) is 0 Å². The second-order valence-electron chi connectivity index (χ2n) is 4.14. The summed E-state index contributed by atoms with van der Waals surface area (Å²) in [5.74, 6) is -0.155. The van der Waals surface area contributed by atoms with Crippen LogP contribution in [-0.4, -0.2) is 31.7 Å². The number of rotatable bonds is 0. The Morgan fingerprint density at radius 3 is 3.00 bits per heavy atom. The van der Waals surface area contributed by atoms with Crippen molar-refractivity contribution in [3.05, 3.63) is 27.7 Å². The number of halogens is 2. The molecule has 3 rings (SSSR count). The molecule has 17 heavy (non-hydrogen) atoms. The average Bonchev–Trinajstić information content (AvgIpc) is 2.33. The lowest BCUT2D eigenvalue weighted by atomic mass is 10.1. The van der Waals surface area contributed by atoms with Gasteiger partial charge in [0.05, 0.1) is 21.3 Å². The van der Waals surface area contributed by atoms with Crippen molar-refractivity contribution in [3.8, 4) is 0 Å². The molecule has 1 saturated heterocycles. The van der Waals surface area contributed by atoms with Crippen molar-refractivity contribution in [2.24, 2.45) is 0 Å². The summed E-state index contributed by atoms with van der Waals surface area (Å²) in [5, 5.41) is 6.91. The van der Waals surface area contributed by atoms with E-state index in [4.69, 9.17) is 23.2 Å². The Morgan fingerprint density at radius 2 is 2.18 bits per heavy atom. The minimum absolute atomic E-state index is 0.000919. The molecule has 2 heterocycles. The fourth-order valence-electron chi connectivity index (χ4n) is 2.34. The van der Waals surface area contributed by atoms with E-state index < -0.39 is 0 Å². The highest BCUT2D eigenvalue weighted by atomic mass is 35.5. The van der Waals surface area contributed by atoms with Gasteiger partial charge < -0.3 is 15.5 Å². The number of anilines is 1. The summed E-state index contributed by atoms with van der Waals surface area (Å²) < 4.78 is 0. The summed E-state index contributed by atoms with van der Waals surface area (Å²) in [4.78, 5) is 14.2. The zero-order chi connectivity index (χ0) is 12.0. The first kappa shape index (κ1) is 11.1. The Hall–Kier alpha value is -0.970. The molecule has 2 aliphatic rings. The third kappa shape index (κ3) is 1.68. The van der Waals surface area contributed by atoms with Gasteiger partial charge in [-0.2, -0.15) is 0 Å². The Kier molecular flexibility index (Phi) is 2.65. The smallest absolute Gasteiger partial charge is 0.256 e. The summed E-state index contributed by atoms with van der Waals surface area (Å²) in [6, 6.07) is 3.60. The highest BCUT2D eigenvalue weighted by molar-refractivity contribution is 6.44. The summed E-state index contributed by atoms with van der Waals surface area (Å²) in [7, 11) is 0. The summed E-state index contributed by atoms with van der Waals surface area (Å²) in [5.41, 5.74) is 1.35. The van der Waals surface area contributed by atoms with Crippen molar-refractivity contribution in [1.29, 1.82) is 0 Å². The Balaban J connectivity index is 2.14. The largest absolute Gasteiger partial charge is 0.348 e. The zero-order valence-corrected chi connectivity index (χ0v) is 10.5. The van der Waals surface area contributed by atoms with Crippen LogP contribution in [0.2, 0.25) is 10.0 Å². The van der Waals surface area contributed by atoms with E-state index >= 15 is 0 Å². The fourth-order valence-corrected chi connectivity index (χ4v) is 2.74. The van der Waals surface area contributed by atoms with Crippen molar-refractivity contribution in [3.63, 3.8) is 0 Å². The van der Waals surface area contributed by atoms with E-state index in [1.165, 1.54) is 0 Å². The topological polar surface area (TPSA) is 44.4 Å². The Labute approximate surface area is 109 Å². The predicted octanol–water partition coefficient (Wildman–Crippen LogP) is 1.47. The molecule has 1 amide bonds. The van der Waals surface area contributed by atoms with Crippen molar-refractivity contribution >= 4 is 34.8 Å². The molecule has 0 saturated carbocycles. The molecule has 2 N–H and O–H groups in total. The summed E-state index contributed by atoms with van der Waals surface area (Å²) in [6.45, 7) is 2.48. The number of nitrogens with zero attached hydrogens (tertiary/aromatic N) is 1. The predicted molar refractivity (Wildman–Crippen MR) is 67.9 cm³/mol. The van der Waals surface area contributed by atoms with E-state index in [0.717, 1.165) is 25.3 Å². The van der Waals surface area contributed by atoms with Crippen LogP contribution >= 0.6 is 23.2 Å². The van der Waals surface area contributed by atoms with Crippen LogP contribution in [0.1, 0.15) is 10.4 Å². The van der Waals surface area contributed by atoms with Gasteiger partial charge in [-0.3, -0.25) is 4.79 Å². The Morgan fingerprint density at radius 1 is 1.35 bits per heavy atom. The lowest BCUT2D eigenvalue weighted by molar-refractivity contribution is 0.0923. The average molecular weight is 272 g/mol. The van der Waals surface area contributed by atoms with Crippen LogP contribution in [0.25, 0.3) is 0 Å². The summed E-state index contributed by atoms with van der Waals surface area (Å²) in [6.07, 6.45) is 0.000919. The first-order valence-corrected chi connectivity index (χ1v) is 6.20. The monoisotopic (exact) mass is 271 g/mol. The number of hydrogen-bond donors (Lipinski definition) is 2. The molecule has 0 aliphatic carbocycles. The van der Waals surface area contributed by atoms with E-state index in [9.17, 15) is 4.79 Å². The first-order valence-electron chi connectivity index (χ1n) is 5.44. The van der Waals surface area contributed by atoms with Crippen molar-refractivity contribution in [2.75, 3.05) is 24.5 Å². The lowest BCUT2D eigenvalue weighted by Gasteiger charge is -2.42. The van der Waals surface area contributed by atoms with Gasteiger partial charge in [-0.15, -0.1) is 0 Å². The molecule has 0 radical (unpaired) electrons. The number of amides is 1. The third-order valence-electron chi connectivity index (χ3n) is 3.15. The summed E-state index contributed by atoms with van der Waals surface area (Å²) >= 11 is 12.0. The minimum Gasteiger partial charge on any atom is -0.348 e. The minimum atomic E-state index is -0.155. The van der Waals surface area contributed by atoms with E-state index in [2.05, 4.69) is 15.5 Å². The van der Waals surface area contributed by atoms with Gasteiger partial charge >= 0.3 is 0 Å². The number of piperazine rings is 1. The number of hydrogen-bond acceptors (Lipinski definition) is 3. The molecule has 1 aromatic carbocycles. The number of carbonyl (C=O) groups excluding carboxylic acids is 1. The first-order chi connectivity index (χ1) is 8.18. The standard InChI is InChI=1S/C11H11Cl2N3O/c12-6-1-2-7-9(10(6)13)11(17)15-8-5-14-3-4-16(7)8/h1-2,8,14H,3-5H2,(H,15,17)/t8-/m1/s1. The molecule has 1 atom stereocenters. The molecule has 0 spiro atoms. The van der Waals surface area contributed by atoms with Gasteiger partial charge in [0.1, 0.15) is 6.17 Å². The SMILES string of the molecule is O=C1N[C@H]2CNCCN2c2ccc(Cl)c(Cl)c21. The van der Waals surface area contributed by atoms with E-state index in [1.54, 1.807) is 6.07 Å². The van der Waals surface area contributed by atoms with Gasteiger partial charge in [-0.1, -0.05) is 23.2 Å². The van der Waals surface area contributed by atoms with Crippen LogP contribution < -0.4 is 15.5 Å². The number of fused-ring (bicyclic) bond motifs is 3. The van der Waals surface area contributed by atoms with Crippen molar-refractivity contribution in [1.82, 2.24) is 10.6 Å². The fraction of sp³-hybridized carbons (Fsp3) is 0.364. The molecule has 1 fully saturated rings. The van der Waals surface area contributed by atoms with Crippen LogP contribution in [-0.2, 0) is 0 Å². The Bertz CT molecular complexity index is 492. The normalized spacial score (nSPS) is 22.8. The zero-order valence-electron chi connectivity index (χ0n) is 8.96. The van der Waals surface area contributed by atoms with Gasteiger partial charge in [0, 0.05) is 19.6 Å². The molecule has 2 aliphatic heterocycles. The molecule has 1 aromatic rings. The molecule has 6 heteroatoms. The van der Waals surface area contributed by atoms with Gasteiger partial charge in [-0.25, -0.2) is 0 Å². The number of carbonyl (C=O) groups is 1. The highest BCUT2D eigenvalue weighted by Gasteiger charge is 2.34. The maximum absolute atomic E-state index is 12.0. The molecule has 0 unspecified atom stereocenters. The molecular formula is C11H11Cl2N3O. The van der Waals surface area contributed by atoms with Crippen LogP contribution in [0, 0.1) is 0 Å². The van der Waals surface area contributed by atoms with Crippen molar-refractivity contribution in [2.45, 2.75) is 6.17 Å². The maximum Gasteiger partial charge on any atom is 0.256 e. The number of benzene rings is 1. The van der Waals surface area contributed by atoms with Gasteiger partial charge in [0.2, 0.25) is 0 Å². The molecule has 0 bridgehead atoms. The maximum atomic E-state index is 12.0. The van der Waals surface area contributed by atoms with Crippen LogP contribution in [0.15, 0.2) is 12.1 Å². The number of nitrogens with one attached hydrogen (secondary N) is 2. The molecule has 0 aromatic heterocycles. The highest BCUT2D eigenvalue weighted by Crippen LogP contribution is 2.36. The van der Waals surface area contributed by atoms with Crippen molar-refractivity contribution < 1.29 is 4.79 Å². The second-order valence-corrected chi connectivity index (χ2v) is 4.93. The second kappa shape index (κ2) is 4.05. The van der Waals surface area contributed by atoms with Crippen LogP contribution in [0.5, 0.6) is 0 Å². The quantitative estimate of drug-likeness (QED) is 0.751. The molecule has 90 valence electrons. The van der Waals surface area contributed by atoms with E-state index in [0.29, 0.717) is 15.6 Å². The molecule has 4 nitrogen and oxygen atoms in total. The lowest BCUT2D eigenvalue weighted by Crippen LogP contribution is -2.62. The van der Waals surface area contributed by atoms with Gasteiger partial charge in [-0.05, 0) is 12.1 Å². The van der Waals surface area contributed by atoms with Gasteiger partial charge in [0.25, 0.3) is 5.91 Å². The van der Waals surface area contributed by atoms with Crippen LogP contribution in [0.4, 0.5) is 5.69 Å². The van der Waals surface area contributed by atoms with E-state index in [1.807, 2.05) is 6.07 Å². The van der Waals surface area contributed by atoms with E-state index in [-0.39, 0.29) is 12.1 Å². The molecular weight excluding hydrogens is 261 g/mol.